The van der Waals surface area contributed by atoms with Crippen LogP contribution in [0.1, 0.15) is 88.4 Å². The molecule has 7 nitrogen and oxygen atoms in total. The SMILES string of the molecule is Oc1cnoc1C1(CCCCC(O)CCCCC2(c3conc3O)CC2)CC1. The Morgan fingerprint density at radius 1 is 0.964 bits per heavy atom. The highest BCUT2D eigenvalue weighted by molar-refractivity contribution is 5.35. The van der Waals surface area contributed by atoms with Crippen molar-refractivity contribution in [1.29, 1.82) is 0 Å². The van der Waals surface area contributed by atoms with Crippen LogP contribution < -0.4 is 0 Å². The second-order valence-corrected chi connectivity index (χ2v) is 8.80. The van der Waals surface area contributed by atoms with Crippen LogP contribution in [0.2, 0.25) is 0 Å². The Hall–Kier alpha value is -2.02. The molecule has 0 spiro atoms. The molecule has 2 saturated carbocycles. The van der Waals surface area contributed by atoms with Crippen molar-refractivity contribution >= 4 is 0 Å². The highest BCUT2D eigenvalue weighted by Gasteiger charge is 2.49. The lowest BCUT2D eigenvalue weighted by atomic mass is 9.91. The fraction of sp³-hybridized carbons (Fsp3) is 0.714. The third kappa shape index (κ3) is 4.04. The van der Waals surface area contributed by atoms with Gasteiger partial charge in [-0.05, 0) is 56.5 Å². The molecule has 2 aliphatic carbocycles. The summed E-state index contributed by atoms with van der Waals surface area (Å²) in [6, 6.07) is 0. The number of hydrogen-bond acceptors (Lipinski definition) is 7. The third-order valence-electron chi connectivity index (χ3n) is 6.75. The van der Waals surface area contributed by atoms with Gasteiger partial charge in [-0.25, -0.2) is 0 Å². The number of aliphatic hydroxyl groups is 1. The summed E-state index contributed by atoms with van der Waals surface area (Å²) in [5.41, 5.74) is 0.886. The molecule has 0 amide bonds. The lowest BCUT2D eigenvalue weighted by Crippen LogP contribution is -2.10. The van der Waals surface area contributed by atoms with E-state index in [4.69, 9.17) is 9.05 Å². The summed E-state index contributed by atoms with van der Waals surface area (Å²) in [6.07, 6.45) is 14.6. The van der Waals surface area contributed by atoms with Gasteiger partial charge in [-0.2, -0.15) is 0 Å². The van der Waals surface area contributed by atoms with Gasteiger partial charge in [0.15, 0.2) is 11.5 Å². The van der Waals surface area contributed by atoms with Crippen LogP contribution in [-0.2, 0) is 10.8 Å². The first kappa shape index (κ1) is 19.3. The highest BCUT2D eigenvalue weighted by Crippen LogP contribution is 2.55. The van der Waals surface area contributed by atoms with Gasteiger partial charge in [0.05, 0.1) is 11.7 Å². The normalized spacial score (nSPS) is 20.2. The van der Waals surface area contributed by atoms with Crippen LogP contribution in [-0.4, -0.2) is 31.7 Å². The number of aliphatic hydroxyl groups excluding tert-OH is 1. The van der Waals surface area contributed by atoms with Crippen molar-refractivity contribution in [3.63, 3.8) is 0 Å². The molecular weight excluding hydrogens is 360 g/mol. The molecule has 2 aromatic rings. The molecule has 154 valence electrons. The predicted molar refractivity (Wildman–Crippen MR) is 101 cm³/mol. The minimum Gasteiger partial charge on any atom is -0.503 e. The quantitative estimate of drug-likeness (QED) is 0.463. The minimum absolute atomic E-state index is 0.0163. The van der Waals surface area contributed by atoms with E-state index in [2.05, 4.69) is 10.3 Å². The average molecular weight is 390 g/mol. The zero-order chi connectivity index (χ0) is 19.6. The summed E-state index contributed by atoms with van der Waals surface area (Å²) in [7, 11) is 0. The Bertz CT molecular complexity index is 711. The van der Waals surface area contributed by atoms with Crippen molar-refractivity contribution in [3.05, 3.63) is 23.8 Å². The molecule has 4 rings (SSSR count). The molecule has 1 atom stereocenters. The summed E-state index contributed by atoms with van der Waals surface area (Å²) in [5.74, 6) is 0.844. The second kappa shape index (κ2) is 7.78. The molecule has 3 N–H and O–H groups in total. The molecule has 0 saturated heterocycles. The number of hydrogen-bond donors (Lipinski definition) is 3. The van der Waals surface area contributed by atoms with E-state index in [1.165, 1.54) is 6.20 Å². The van der Waals surface area contributed by atoms with Crippen molar-refractivity contribution < 1.29 is 24.4 Å². The van der Waals surface area contributed by atoms with E-state index in [1.54, 1.807) is 6.26 Å². The fourth-order valence-electron chi connectivity index (χ4n) is 4.57. The van der Waals surface area contributed by atoms with Gasteiger partial charge < -0.3 is 24.4 Å². The lowest BCUT2D eigenvalue weighted by molar-refractivity contribution is 0.146. The van der Waals surface area contributed by atoms with Crippen molar-refractivity contribution in [1.82, 2.24) is 10.3 Å². The lowest BCUT2D eigenvalue weighted by Gasteiger charge is -2.15. The molecule has 2 aliphatic rings. The topological polar surface area (TPSA) is 113 Å². The molecule has 7 heteroatoms. The zero-order valence-corrected chi connectivity index (χ0v) is 16.3. The molecule has 2 heterocycles. The summed E-state index contributed by atoms with van der Waals surface area (Å²) in [4.78, 5) is 0. The molecule has 28 heavy (non-hydrogen) atoms. The number of nitrogens with zero attached hydrogens (tertiary/aromatic N) is 2. The minimum atomic E-state index is -0.256. The van der Waals surface area contributed by atoms with E-state index in [9.17, 15) is 15.3 Å². The molecule has 2 fully saturated rings. The van der Waals surface area contributed by atoms with Crippen molar-refractivity contribution in [2.75, 3.05) is 0 Å². The molecule has 0 aromatic carbocycles. The standard InChI is InChI=1S/C21H30N2O5/c24-15(5-1-3-7-20(9-10-20)16-14-27-23-19(16)26)6-2-4-8-21(11-12-21)18-17(25)13-22-28-18/h13-15,24-25H,1-12H2,(H,23,26). The van der Waals surface area contributed by atoms with Crippen LogP contribution in [0.4, 0.5) is 0 Å². The first-order chi connectivity index (χ1) is 13.5. The molecule has 0 bridgehead atoms. The maximum atomic E-state index is 10.3. The third-order valence-corrected chi connectivity index (χ3v) is 6.75. The van der Waals surface area contributed by atoms with Gasteiger partial charge in [0.2, 0.25) is 0 Å². The van der Waals surface area contributed by atoms with E-state index in [1.807, 2.05) is 0 Å². The van der Waals surface area contributed by atoms with E-state index in [-0.39, 0.29) is 28.6 Å². The fourth-order valence-corrected chi connectivity index (χ4v) is 4.57. The molecule has 2 aromatic heterocycles. The Morgan fingerprint density at radius 2 is 1.61 bits per heavy atom. The Morgan fingerprint density at radius 3 is 2.11 bits per heavy atom. The van der Waals surface area contributed by atoms with Crippen LogP contribution in [0, 0.1) is 0 Å². The van der Waals surface area contributed by atoms with E-state index < -0.39 is 0 Å². The van der Waals surface area contributed by atoms with E-state index in [0.29, 0.717) is 5.76 Å². The Kier molecular flexibility index (Phi) is 5.36. The number of unbranched alkanes of at least 4 members (excludes halogenated alkanes) is 2. The van der Waals surface area contributed by atoms with Crippen molar-refractivity contribution in [3.8, 4) is 11.6 Å². The van der Waals surface area contributed by atoms with Crippen LogP contribution in [0.25, 0.3) is 0 Å². The maximum absolute atomic E-state index is 10.3. The van der Waals surface area contributed by atoms with Gasteiger partial charge in [-0.15, -0.1) is 0 Å². The first-order valence-corrected chi connectivity index (χ1v) is 10.5. The van der Waals surface area contributed by atoms with Gasteiger partial charge in [0, 0.05) is 10.8 Å². The molecule has 1 unspecified atom stereocenters. The Labute approximate surface area is 164 Å². The molecular formula is C21H30N2O5. The van der Waals surface area contributed by atoms with Crippen molar-refractivity contribution in [2.24, 2.45) is 0 Å². The summed E-state index contributed by atoms with van der Waals surface area (Å²) in [6.45, 7) is 0. The number of aromatic hydroxyl groups is 2. The van der Waals surface area contributed by atoms with Crippen LogP contribution in [0.5, 0.6) is 11.6 Å². The zero-order valence-electron chi connectivity index (χ0n) is 16.3. The molecule has 0 radical (unpaired) electrons. The van der Waals surface area contributed by atoms with Crippen LogP contribution in [0.3, 0.4) is 0 Å². The monoisotopic (exact) mass is 390 g/mol. The van der Waals surface area contributed by atoms with Gasteiger partial charge >= 0.3 is 0 Å². The van der Waals surface area contributed by atoms with Gasteiger partial charge in [-0.3, -0.25) is 0 Å². The van der Waals surface area contributed by atoms with E-state index in [0.717, 1.165) is 82.6 Å². The largest absolute Gasteiger partial charge is 0.503 e. The summed E-state index contributed by atoms with van der Waals surface area (Å²) in [5, 5.41) is 37.1. The number of rotatable bonds is 12. The summed E-state index contributed by atoms with van der Waals surface area (Å²) < 4.78 is 10.1. The van der Waals surface area contributed by atoms with Crippen molar-refractivity contribution in [2.45, 2.75) is 94.0 Å². The Balaban J connectivity index is 1.10. The highest BCUT2D eigenvalue weighted by atomic mass is 16.5. The number of aromatic nitrogens is 2. The molecule has 0 aliphatic heterocycles. The van der Waals surface area contributed by atoms with Crippen LogP contribution >= 0.6 is 0 Å². The first-order valence-electron chi connectivity index (χ1n) is 10.5. The average Bonchev–Trinajstić information content (AvgIpc) is 3.56. The van der Waals surface area contributed by atoms with Gasteiger partial charge in [-0.1, -0.05) is 30.8 Å². The maximum Gasteiger partial charge on any atom is 0.255 e. The smallest absolute Gasteiger partial charge is 0.255 e. The summed E-state index contributed by atoms with van der Waals surface area (Å²) >= 11 is 0. The predicted octanol–water partition coefficient (Wildman–Crippen LogP) is 4.32. The van der Waals surface area contributed by atoms with Gasteiger partial charge in [0.1, 0.15) is 12.5 Å². The van der Waals surface area contributed by atoms with Gasteiger partial charge in [0.25, 0.3) is 5.88 Å². The van der Waals surface area contributed by atoms with E-state index >= 15 is 0 Å². The second-order valence-electron chi connectivity index (χ2n) is 8.80. The van der Waals surface area contributed by atoms with Crippen LogP contribution in [0.15, 0.2) is 21.5 Å².